The number of aromatic nitrogens is 2. The molecule has 1 aromatic heterocycles. The number of benzene rings is 5. The van der Waals surface area contributed by atoms with E-state index in [-0.39, 0.29) is 26.2 Å². The van der Waals surface area contributed by atoms with Gasteiger partial charge in [-0.1, -0.05) is 113 Å². The van der Waals surface area contributed by atoms with Gasteiger partial charge in [-0.25, -0.2) is 0 Å². The molecule has 6 rings (SSSR count). The number of hydrogen-bond donors (Lipinski definition) is 0. The molecule has 1 heterocycles. The normalized spacial score (nSPS) is 10.4. The quantitative estimate of drug-likeness (QED) is 0.164. The fourth-order valence-corrected chi connectivity index (χ4v) is 5.07. The van der Waals surface area contributed by atoms with Crippen LogP contribution in [0.4, 0.5) is 5.69 Å². The summed E-state index contributed by atoms with van der Waals surface area (Å²) in [5, 5.41) is 11.3. The zero-order valence-electron chi connectivity index (χ0n) is 29.8. The molecule has 0 saturated heterocycles. The van der Waals surface area contributed by atoms with E-state index >= 15 is 0 Å². The van der Waals surface area contributed by atoms with Crippen molar-refractivity contribution in [2.24, 2.45) is 7.05 Å². The monoisotopic (exact) mass is 711 g/mol. The molecule has 0 spiro atoms. The zero-order chi connectivity index (χ0) is 34.4. The molecular formula is C44H51N3Zr-. The van der Waals surface area contributed by atoms with Gasteiger partial charge in [-0.2, -0.15) is 79.0 Å². The molecule has 0 aliphatic carbocycles. The summed E-state index contributed by atoms with van der Waals surface area (Å²) in [6.45, 7) is 24.5. The SMILES string of the molecule is CC(C)c1cccc(C(C)C)c1[N-]C(C)(C)c1nn(C)c2ccccc12.[CH2-]c1ccccc1.[CH2-]c1ccccc1.[CH2-]c1ccccc1.[Zr+3]. The van der Waals surface area contributed by atoms with Gasteiger partial charge < -0.3 is 5.32 Å². The molecule has 0 unspecified atom stereocenters. The van der Waals surface area contributed by atoms with Crippen LogP contribution in [0.25, 0.3) is 16.2 Å². The second-order valence-electron chi connectivity index (χ2n) is 12.7. The van der Waals surface area contributed by atoms with Gasteiger partial charge in [0, 0.05) is 12.4 Å². The second kappa shape index (κ2) is 19.6. The van der Waals surface area contributed by atoms with Crippen LogP contribution in [-0.2, 0) is 38.8 Å². The van der Waals surface area contributed by atoms with Crippen molar-refractivity contribution >= 4 is 16.6 Å². The van der Waals surface area contributed by atoms with E-state index < -0.39 is 5.54 Å². The summed E-state index contributed by atoms with van der Waals surface area (Å²) < 4.78 is 1.96. The molecular weight excluding hydrogens is 662 g/mol. The van der Waals surface area contributed by atoms with Gasteiger partial charge in [0.25, 0.3) is 0 Å². The maximum absolute atomic E-state index is 5.29. The minimum atomic E-state index is -0.407. The van der Waals surface area contributed by atoms with E-state index in [9.17, 15) is 0 Å². The maximum Gasteiger partial charge on any atom is 3.00 e. The Bertz CT molecular complexity index is 1640. The van der Waals surface area contributed by atoms with E-state index in [1.165, 1.54) is 16.5 Å². The van der Waals surface area contributed by atoms with Crippen LogP contribution in [0, 0.1) is 20.8 Å². The molecule has 0 bridgehead atoms. The first kappa shape index (κ1) is 40.0. The molecule has 3 nitrogen and oxygen atoms in total. The van der Waals surface area contributed by atoms with Crippen LogP contribution in [0.1, 0.15) is 86.9 Å². The molecule has 0 aliphatic rings. The molecule has 1 radical (unpaired) electrons. The molecule has 4 heteroatoms. The topological polar surface area (TPSA) is 31.9 Å². The molecule has 0 amide bonds. The molecule has 48 heavy (non-hydrogen) atoms. The van der Waals surface area contributed by atoms with Crippen LogP contribution in [0.3, 0.4) is 0 Å². The van der Waals surface area contributed by atoms with E-state index in [0.29, 0.717) is 11.8 Å². The molecule has 0 aliphatic heterocycles. The molecule has 0 atom stereocenters. The Morgan fingerprint density at radius 3 is 1.29 bits per heavy atom. The second-order valence-corrected chi connectivity index (χ2v) is 12.7. The third kappa shape index (κ3) is 12.1. The van der Waals surface area contributed by atoms with Gasteiger partial charge in [0.1, 0.15) is 0 Å². The first-order valence-electron chi connectivity index (χ1n) is 16.3. The summed E-state index contributed by atoms with van der Waals surface area (Å²) in [4.78, 5) is 0. The van der Waals surface area contributed by atoms with Crippen molar-refractivity contribution in [3.05, 3.63) is 193 Å². The number of hydrogen-bond acceptors (Lipinski definition) is 1. The van der Waals surface area contributed by atoms with E-state index in [4.69, 9.17) is 10.4 Å². The minimum absolute atomic E-state index is 0. The van der Waals surface area contributed by atoms with E-state index in [1.807, 2.05) is 103 Å². The summed E-state index contributed by atoms with van der Waals surface area (Å²) in [5.41, 5.74) is 8.74. The number of para-hydroxylation sites is 2. The van der Waals surface area contributed by atoms with Gasteiger partial charge >= 0.3 is 26.2 Å². The minimum Gasteiger partial charge on any atom is -0.674 e. The Kier molecular flexibility index (Phi) is 16.4. The van der Waals surface area contributed by atoms with Gasteiger partial charge in [-0.3, -0.25) is 4.68 Å². The van der Waals surface area contributed by atoms with Crippen molar-refractivity contribution < 1.29 is 26.2 Å². The fraction of sp³-hybridized carbons (Fsp3) is 0.227. The third-order valence-corrected chi connectivity index (χ3v) is 7.60. The standard InChI is InChI=1S/C23H30N3.3C7H7.Zr/c1-15(2)17-12-10-13-18(16(3)4)21(17)24-23(5,6)22-19-11-8-9-14-20(19)26(7)25-22;3*1-7-5-3-2-4-6-7;/h8-16H,1-7H3;3*2-6H,1H2;/q4*-1;+3. The molecule has 247 valence electrons. The van der Waals surface area contributed by atoms with Crippen molar-refractivity contribution in [1.29, 1.82) is 0 Å². The average Bonchev–Trinajstić information content (AvgIpc) is 3.40. The Morgan fingerprint density at radius 2 is 0.938 bits per heavy atom. The van der Waals surface area contributed by atoms with Crippen LogP contribution in [0.2, 0.25) is 0 Å². The molecule has 0 fully saturated rings. The van der Waals surface area contributed by atoms with Gasteiger partial charge in [0.05, 0.1) is 11.2 Å². The van der Waals surface area contributed by atoms with Crippen molar-refractivity contribution in [3.8, 4) is 0 Å². The zero-order valence-corrected chi connectivity index (χ0v) is 32.3. The first-order valence-corrected chi connectivity index (χ1v) is 16.3. The van der Waals surface area contributed by atoms with Gasteiger partial charge in [-0.15, -0.1) is 42.1 Å². The first-order chi connectivity index (χ1) is 22.4. The predicted molar refractivity (Wildman–Crippen MR) is 204 cm³/mol. The van der Waals surface area contributed by atoms with Crippen LogP contribution in [-0.4, -0.2) is 9.78 Å². The van der Waals surface area contributed by atoms with Crippen LogP contribution < -0.4 is 0 Å². The summed E-state index contributed by atoms with van der Waals surface area (Å²) in [6, 6.07) is 44.6. The Balaban J connectivity index is 0.000000292. The van der Waals surface area contributed by atoms with Crippen LogP contribution in [0.5, 0.6) is 0 Å². The van der Waals surface area contributed by atoms with Gasteiger partial charge in [0.15, 0.2) is 0 Å². The summed E-state index contributed by atoms with van der Waals surface area (Å²) >= 11 is 0. The Morgan fingerprint density at radius 1 is 0.562 bits per heavy atom. The average molecular weight is 713 g/mol. The smallest absolute Gasteiger partial charge is 0.674 e. The summed E-state index contributed by atoms with van der Waals surface area (Å²) in [6.07, 6.45) is 0. The van der Waals surface area contributed by atoms with Crippen molar-refractivity contribution in [1.82, 2.24) is 9.78 Å². The number of nitrogens with zero attached hydrogens (tertiary/aromatic N) is 3. The molecule has 6 aromatic rings. The largest absolute Gasteiger partial charge is 3.00 e. The van der Waals surface area contributed by atoms with Crippen LogP contribution in [0.15, 0.2) is 133 Å². The molecule has 0 N–H and O–H groups in total. The Labute approximate surface area is 310 Å². The van der Waals surface area contributed by atoms with Crippen LogP contribution >= 0.6 is 0 Å². The number of fused-ring (bicyclic) bond motifs is 1. The van der Waals surface area contributed by atoms with Crippen molar-refractivity contribution in [2.75, 3.05) is 0 Å². The maximum atomic E-state index is 5.29. The van der Waals surface area contributed by atoms with E-state index in [2.05, 4.69) is 105 Å². The van der Waals surface area contributed by atoms with Crippen molar-refractivity contribution in [3.63, 3.8) is 0 Å². The number of rotatable bonds is 5. The summed E-state index contributed by atoms with van der Waals surface area (Å²) in [7, 11) is 2.00. The third-order valence-electron chi connectivity index (χ3n) is 7.60. The Hall–Kier alpha value is -4.14. The van der Waals surface area contributed by atoms with E-state index in [0.717, 1.165) is 33.6 Å². The van der Waals surface area contributed by atoms with Gasteiger partial charge in [0.2, 0.25) is 0 Å². The number of aryl methyl sites for hydroxylation is 1. The molecule has 0 saturated carbocycles. The van der Waals surface area contributed by atoms with E-state index in [1.54, 1.807) is 0 Å². The van der Waals surface area contributed by atoms with Crippen molar-refractivity contribution in [2.45, 2.75) is 58.9 Å². The summed E-state index contributed by atoms with van der Waals surface area (Å²) in [5.74, 6) is 0.868. The van der Waals surface area contributed by atoms with Gasteiger partial charge in [-0.05, 0) is 17.9 Å². The predicted octanol–water partition coefficient (Wildman–Crippen LogP) is 12.4. The fourth-order valence-electron chi connectivity index (χ4n) is 5.07. The molecule has 5 aromatic carbocycles.